The van der Waals surface area contributed by atoms with Crippen molar-refractivity contribution >= 4 is 17.6 Å². The maximum atomic E-state index is 11.5. The van der Waals surface area contributed by atoms with Gasteiger partial charge >= 0.3 is 5.97 Å². The van der Waals surface area contributed by atoms with Gasteiger partial charge in [0.05, 0.1) is 17.2 Å². The number of fused-ring (bicyclic) bond motifs is 1. The molecule has 4 rings (SSSR count). The topological polar surface area (TPSA) is 58.6 Å². The van der Waals surface area contributed by atoms with Gasteiger partial charge in [0.25, 0.3) is 0 Å². The fourth-order valence-corrected chi connectivity index (χ4v) is 5.75. The van der Waals surface area contributed by atoms with Crippen molar-refractivity contribution in [3.8, 4) is 28.0 Å². The van der Waals surface area contributed by atoms with Crippen LogP contribution in [0.15, 0.2) is 54.6 Å². The third kappa shape index (κ3) is 6.67. The lowest BCUT2D eigenvalue weighted by molar-refractivity contribution is 0.0697. The lowest BCUT2D eigenvalue weighted by Crippen LogP contribution is -2.33. The summed E-state index contributed by atoms with van der Waals surface area (Å²) in [5.41, 5.74) is 7.19. The largest absolute Gasteiger partial charge is 0.493 e. The molecular weight excluding hydrogens is 506 g/mol. The third-order valence-electron chi connectivity index (χ3n) is 8.06. The van der Waals surface area contributed by atoms with Crippen LogP contribution in [0.25, 0.3) is 22.3 Å². The quantitative estimate of drug-likeness (QED) is 0.249. The van der Waals surface area contributed by atoms with Gasteiger partial charge in [-0.05, 0) is 95.1 Å². The molecule has 208 valence electrons. The van der Waals surface area contributed by atoms with Gasteiger partial charge in [0.15, 0.2) is 0 Å². The molecule has 0 aromatic heterocycles. The summed E-state index contributed by atoms with van der Waals surface area (Å²) in [5, 5.41) is 13.1. The van der Waals surface area contributed by atoms with Gasteiger partial charge < -0.3 is 15.2 Å². The molecule has 0 saturated carbocycles. The molecule has 0 fully saturated rings. The molecule has 4 nitrogen and oxygen atoms in total. The fourth-order valence-electron chi connectivity index (χ4n) is 5.49. The zero-order chi connectivity index (χ0) is 28.4. The van der Waals surface area contributed by atoms with Crippen molar-refractivity contribution < 1.29 is 14.6 Å². The highest BCUT2D eigenvalue weighted by molar-refractivity contribution is 6.33. The highest BCUT2D eigenvalue weighted by atomic mass is 35.5. The van der Waals surface area contributed by atoms with E-state index in [0.29, 0.717) is 12.6 Å². The predicted octanol–water partition coefficient (Wildman–Crippen LogP) is 8.88. The second-order valence-electron chi connectivity index (χ2n) is 12.4. The Morgan fingerprint density at radius 1 is 0.897 bits per heavy atom. The monoisotopic (exact) mass is 547 g/mol. The Morgan fingerprint density at radius 3 is 2.21 bits per heavy atom. The third-order valence-corrected chi connectivity index (χ3v) is 8.37. The standard InChI is InChI=1S/C34H42ClNO3/c1-22(2)36-17-7-8-18-39-31-14-11-23(24-9-12-26(32(37)38)30(35)21-24)19-27(31)25-10-13-28-29(20-25)34(5,6)16-15-33(28,3)4/h9-14,19-22,36H,7-8,15-18H2,1-6H3,(H,37,38). The SMILES string of the molecule is CC(C)NCCCCOc1ccc(-c2ccc(C(=O)O)c(Cl)c2)cc1-c1ccc2c(c1)C(C)(C)CCC2(C)C. The molecule has 0 spiro atoms. The zero-order valence-corrected chi connectivity index (χ0v) is 24.9. The van der Waals surface area contributed by atoms with E-state index in [4.69, 9.17) is 16.3 Å². The van der Waals surface area contributed by atoms with Crippen LogP contribution in [0.1, 0.15) is 88.7 Å². The summed E-state index contributed by atoms with van der Waals surface area (Å²) in [4.78, 5) is 11.5. The van der Waals surface area contributed by atoms with Gasteiger partial charge in [-0.25, -0.2) is 4.79 Å². The van der Waals surface area contributed by atoms with Crippen molar-refractivity contribution in [2.75, 3.05) is 13.2 Å². The molecule has 0 amide bonds. The first-order valence-electron chi connectivity index (χ1n) is 14.1. The Bertz CT molecular complexity index is 1340. The van der Waals surface area contributed by atoms with E-state index in [1.165, 1.54) is 17.5 Å². The molecule has 0 atom stereocenters. The molecule has 0 radical (unpaired) electrons. The minimum atomic E-state index is -1.03. The number of carbonyl (C=O) groups is 1. The van der Waals surface area contributed by atoms with Crippen LogP contribution in [-0.2, 0) is 10.8 Å². The number of carboxylic acids is 1. The molecule has 1 aliphatic rings. The van der Waals surface area contributed by atoms with E-state index in [-0.39, 0.29) is 21.4 Å². The van der Waals surface area contributed by atoms with Gasteiger partial charge in [0.1, 0.15) is 5.75 Å². The highest BCUT2D eigenvalue weighted by Gasteiger charge is 2.37. The van der Waals surface area contributed by atoms with Crippen molar-refractivity contribution in [3.63, 3.8) is 0 Å². The number of carboxylic acid groups (broad SMARTS) is 1. The molecule has 0 unspecified atom stereocenters. The fraction of sp³-hybridized carbons (Fsp3) is 0.441. The van der Waals surface area contributed by atoms with Gasteiger partial charge in [0, 0.05) is 11.6 Å². The Hall–Kier alpha value is -2.82. The van der Waals surface area contributed by atoms with Crippen LogP contribution >= 0.6 is 11.6 Å². The number of halogens is 1. The van der Waals surface area contributed by atoms with Crippen molar-refractivity contribution in [3.05, 3.63) is 76.3 Å². The molecule has 3 aromatic carbocycles. The Balaban J connectivity index is 1.72. The predicted molar refractivity (Wildman–Crippen MR) is 162 cm³/mol. The number of hydrogen-bond acceptors (Lipinski definition) is 3. The first-order valence-corrected chi connectivity index (χ1v) is 14.5. The van der Waals surface area contributed by atoms with Gasteiger partial charge in [-0.2, -0.15) is 0 Å². The molecule has 0 heterocycles. The maximum absolute atomic E-state index is 11.5. The summed E-state index contributed by atoms with van der Waals surface area (Å²) < 4.78 is 6.37. The van der Waals surface area contributed by atoms with E-state index in [9.17, 15) is 9.90 Å². The number of rotatable bonds is 10. The van der Waals surface area contributed by atoms with Crippen LogP contribution in [-0.4, -0.2) is 30.3 Å². The van der Waals surface area contributed by atoms with E-state index < -0.39 is 5.97 Å². The number of aromatic carboxylic acids is 1. The summed E-state index contributed by atoms with van der Waals surface area (Å²) in [6.07, 6.45) is 4.36. The molecule has 1 aliphatic carbocycles. The van der Waals surface area contributed by atoms with E-state index in [0.717, 1.165) is 53.8 Å². The molecule has 39 heavy (non-hydrogen) atoms. The van der Waals surface area contributed by atoms with Crippen molar-refractivity contribution in [2.45, 2.75) is 84.1 Å². The number of ether oxygens (including phenoxy) is 1. The second kappa shape index (κ2) is 11.7. The first kappa shape index (κ1) is 29.2. The summed E-state index contributed by atoms with van der Waals surface area (Å²) >= 11 is 6.32. The summed E-state index contributed by atoms with van der Waals surface area (Å²) in [6, 6.07) is 18.7. The number of benzene rings is 3. The average Bonchev–Trinajstić information content (AvgIpc) is 2.88. The molecule has 0 bridgehead atoms. The Kier molecular flexibility index (Phi) is 8.78. The Labute approximate surface area is 238 Å². The van der Waals surface area contributed by atoms with Crippen molar-refractivity contribution in [1.82, 2.24) is 5.32 Å². The highest BCUT2D eigenvalue weighted by Crippen LogP contribution is 2.47. The van der Waals surface area contributed by atoms with Crippen LogP contribution in [0.2, 0.25) is 5.02 Å². The maximum Gasteiger partial charge on any atom is 0.337 e. The zero-order valence-electron chi connectivity index (χ0n) is 24.2. The average molecular weight is 548 g/mol. The molecule has 0 aliphatic heterocycles. The molecule has 2 N–H and O–H groups in total. The summed E-state index contributed by atoms with van der Waals surface area (Å²) in [7, 11) is 0. The smallest absolute Gasteiger partial charge is 0.337 e. The van der Waals surface area contributed by atoms with Gasteiger partial charge in [-0.3, -0.25) is 0 Å². The number of nitrogens with one attached hydrogen (secondary N) is 1. The lowest BCUT2D eigenvalue weighted by atomic mass is 9.63. The molecule has 5 heteroatoms. The van der Waals surface area contributed by atoms with Crippen LogP contribution in [0, 0.1) is 0 Å². The van der Waals surface area contributed by atoms with E-state index in [1.54, 1.807) is 12.1 Å². The lowest BCUT2D eigenvalue weighted by Gasteiger charge is -2.42. The normalized spacial score (nSPS) is 15.7. The van der Waals surface area contributed by atoms with Crippen LogP contribution in [0.3, 0.4) is 0 Å². The van der Waals surface area contributed by atoms with Gasteiger partial charge in [-0.15, -0.1) is 0 Å². The minimum absolute atomic E-state index is 0.100. The first-order chi connectivity index (χ1) is 18.4. The minimum Gasteiger partial charge on any atom is -0.493 e. The summed E-state index contributed by atoms with van der Waals surface area (Å²) in [5.74, 6) is -0.171. The van der Waals surface area contributed by atoms with Crippen molar-refractivity contribution in [2.24, 2.45) is 0 Å². The molecule has 3 aromatic rings. The van der Waals surface area contributed by atoms with Gasteiger partial charge in [-0.1, -0.05) is 83.5 Å². The Morgan fingerprint density at radius 2 is 1.54 bits per heavy atom. The molecule has 0 saturated heterocycles. The van der Waals surface area contributed by atoms with Crippen LogP contribution in [0.5, 0.6) is 5.75 Å². The van der Waals surface area contributed by atoms with Crippen LogP contribution in [0.4, 0.5) is 0 Å². The molecular formula is C34H42ClNO3. The van der Waals surface area contributed by atoms with Gasteiger partial charge in [0.2, 0.25) is 0 Å². The van der Waals surface area contributed by atoms with Crippen LogP contribution < -0.4 is 10.1 Å². The van der Waals surface area contributed by atoms with E-state index in [1.807, 2.05) is 18.2 Å². The van der Waals surface area contributed by atoms with E-state index in [2.05, 4.69) is 71.1 Å². The van der Waals surface area contributed by atoms with Crippen molar-refractivity contribution in [1.29, 1.82) is 0 Å². The summed E-state index contributed by atoms with van der Waals surface area (Å²) in [6.45, 7) is 15.3. The second-order valence-corrected chi connectivity index (χ2v) is 12.8. The number of unbranched alkanes of at least 4 members (excludes halogenated alkanes) is 1. The van der Waals surface area contributed by atoms with E-state index >= 15 is 0 Å². The number of hydrogen-bond donors (Lipinski definition) is 2.